The van der Waals surface area contributed by atoms with Crippen molar-refractivity contribution in [2.75, 3.05) is 26.7 Å². The monoisotopic (exact) mass is 414 g/mol. The summed E-state index contributed by atoms with van der Waals surface area (Å²) in [6.07, 6.45) is 1.21. The molecule has 6 nitrogen and oxygen atoms in total. The van der Waals surface area contributed by atoms with Gasteiger partial charge >= 0.3 is 0 Å². The lowest BCUT2D eigenvalue weighted by molar-refractivity contribution is -0.131. The number of Topliss-reactive ketones (excluding diaryl/α,β-unsaturated/α-hetero) is 1. The van der Waals surface area contributed by atoms with Gasteiger partial charge in [-0.1, -0.05) is 23.7 Å². The zero-order valence-corrected chi connectivity index (χ0v) is 16.9. The van der Waals surface area contributed by atoms with Crippen molar-refractivity contribution >= 4 is 29.2 Å². The van der Waals surface area contributed by atoms with Gasteiger partial charge in [-0.15, -0.1) is 0 Å². The van der Waals surface area contributed by atoms with Crippen LogP contribution in [0, 0.1) is 5.92 Å². The number of hydrogen-bond donors (Lipinski definition) is 1. The summed E-state index contributed by atoms with van der Waals surface area (Å²) in [5, 5.41) is 2.96. The molecule has 0 radical (unpaired) electrons. The highest BCUT2D eigenvalue weighted by atomic mass is 35.5. The summed E-state index contributed by atoms with van der Waals surface area (Å²) in [4.78, 5) is 38.9. The molecule has 0 bridgehead atoms. The largest absolute Gasteiger partial charge is 0.497 e. The van der Waals surface area contributed by atoms with Crippen molar-refractivity contribution in [3.63, 3.8) is 0 Å². The smallest absolute Gasteiger partial charge is 0.253 e. The third kappa shape index (κ3) is 5.15. The first-order valence-corrected chi connectivity index (χ1v) is 9.86. The second-order valence-corrected chi connectivity index (χ2v) is 7.32. The molecule has 1 heterocycles. The molecule has 1 aliphatic rings. The lowest BCUT2D eigenvalue weighted by Crippen LogP contribution is -2.45. The molecule has 0 unspecified atom stereocenters. The zero-order chi connectivity index (χ0) is 20.8. The van der Waals surface area contributed by atoms with E-state index >= 15 is 0 Å². The predicted octanol–water partition coefficient (Wildman–Crippen LogP) is 3.20. The summed E-state index contributed by atoms with van der Waals surface area (Å²) in [5.74, 6) is 0.145. The molecule has 0 saturated carbocycles. The molecule has 0 spiro atoms. The van der Waals surface area contributed by atoms with Gasteiger partial charge in [-0.05, 0) is 49.2 Å². The fourth-order valence-electron chi connectivity index (χ4n) is 3.39. The topological polar surface area (TPSA) is 75.7 Å². The molecule has 3 rings (SSSR count). The summed E-state index contributed by atoms with van der Waals surface area (Å²) in [7, 11) is 1.58. The van der Waals surface area contributed by atoms with E-state index in [0.29, 0.717) is 47.8 Å². The number of benzene rings is 2. The highest BCUT2D eigenvalue weighted by Gasteiger charge is 2.28. The van der Waals surface area contributed by atoms with Crippen LogP contribution in [-0.4, -0.2) is 49.2 Å². The SMILES string of the molecule is COc1ccc(C(=O)C2CCN(C(=O)CNC(=O)c3ccccc3Cl)CC2)cc1. The lowest BCUT2D eigenvalue weighted by Gasteiger charge is -2.31. The van der Waals surface area contributed by atoms with Crippen LogP contribution in [-0.2, 0) is 4.79 Å². The van der Waals surface area contributed by atoms with Crippen LogP contribution < -0.4 is 10.1 Å². The molecule has 29 heavy (non-hydrogen) atoms. The highest BCUT2D eigenvalue weighted by molar-refractivity contribution is 6.33. The Morgan fingerprint density at radius 2 is 1.72 bits per heavy atom. The van der Waals surface area contributed by atoms with Crippen LogP contribution in [0.4, 0.5) is 0 Å². The van der Waals surface area contributed by atoms with E-state index in [2.05, 4.69) is 5.32 Å². The van der Waals surface area contributed by atoms with Gasteiger partial charge in [-0.2, -0.15) is 0 Å². The van der Waals surface area contributed by atoms with Crippen molar-refractivity contribution in [2.24, 2.45) is 5.92 Å². The van der Waals surface area contributed by atoms with Crippen LogP contribution >= 0.6 is 11.6 Å². The molecule has 1 N–H and O–H groups in total. The Hall–Kier alpha value is -2.86. The van der Waals surface area contributed by atoms with Gasteiger partial charge < -0.3 is 15.0 Å². The van der Waals surface area contributed by atoms with Crippen LogP contribution in [0.3, 0.4) is 0 Å². The number of methoxy groups -OCH3 is 1. The summed E-state index contributed by atoms with van der Waals surface area (Å²) < 4.78 is 5.12. The average Bonchev–Trinajstić information content (AvgIpc) is 2.77. The number of nitrogens with zero attached hydrogens (tertiary/aromatic N) is 1. The third-order valence-electron chi connectivity index (χ3n) is 5.11. The van der Waals surface area contributed by atoms with Gasteiger partial charge in [0.1, 0.15) is 5.75 Å². The molecule has 1 aliphatic heterocycles. The minimum atomic E-state index is -0.381. The average molecular weight is 415 g/mol. The molecule has 2 aromatic carbocycles. The summed E-state index contributed by atoms with van der Waals surface area (Å²) in [6.45, 7) is 0.891. The van der Waals surface area contributed by atoms with Crippen LogP contribution in [0.2, 0.25) is 5.02 Å². The number of carbonyl (C=O) groups excluding carboxylic acids is 3. The lowest BCUT2D eigenvalue weighted by atomic mass is 9.89. The third-order valence-corrected chi connectivity index (χ3v) is 5.44. The first kappa shape index (κ1) is 20.9. The first-order chi connectivity index (χ1) is 14.0. The Kier molecular flexibility index (Phi) is 6.88. The molecule has 0 atom stereocenters. The molecule has 152 valence electrons. The second kappa shape index (κ2) is 9.56. The molecular formula is C22H23ClN2O4. The van der Waals surface area contributed by atoms with Gasteiger partial charge in [0.05, 0.1) is 24.2 Å². The maximum Gasteiger partial charge on any atom is 0.253 e. The number of amides is 2. The van der Waals surface area contributed by atoms with E-state index < -0.39 is 0 Å². The molecule has 2 amide bonds. The van der Waals surface area contributed by atoms with Crippen molar-refractivity contribution in [2.45, 2.75) is 12.8 Å². The molecule has 1 fully saturated rings. The van der Waals surface area contributed by atoms with Gasteiger partial charge in [-0.25, -0.2) is 0 Å². The Balaban J connectivity index is 1.48. The van der Waals surface area contributed by atoms with Crippen molar-refractivity contribution in [3.8, 4) is 5.75 Å². The Bertz CT molecular complexity index is 890. The zero-order valence-electron chi connectivity index (χ0n) is 16.2. The van der Waals surface area contributed by atoms with Gasteiger partial charge in [0, 0.05) is 24.6 Å². The van der Waals surface area contributed by atoms with Gasteiger partial charge in [0.15, 0.2) is 5.78 Å². The number of nitrogens with one attached hydrogen (secondary N) is 1. The van der Waals surface area contributed by atoms with E-state index in [-0.39, 0.29) is 30.1 Å². The Morgan fingerprint density at radius 1 is 1.07 bits per heavy atom. The normalized spacial score (nSPS) is 14.3. The summed E-state index contributed by atoms with van der Waals surface area (Å²) in [5.41, 5.74) is 0.994. The van der Waals surface area contributed by atoms with E-state index in [1.165, 1.54) is 0 Å². The molecule has 0 aliphatic carbocycles. The van der Waals surface area contributed by atoms with Crippen molar-refractivity contribution in [3.05, 3.63) is 64.7 Å². The number of halogens is 1. The van der Waals surface area contributed by atoms with Crippen molar-refractivity contribution < 1.29 is 19.1 Å². The number of carbonyl (C=O) groups is 3. The van der Waals surface area contributed by atoms with Crippen LogP contribution in [0.15, 0.2) is 48.5 Å². The Labute approximate surface area is 174 Å². The number of hydrogen-bond acceptors (Lipinski definition) is 4. The predicted molar refractivity (Wildman–Crippen MR) is 110 cm³/mol. The second-order valence-electron chi connectivity index (χ2n) is 6.91. The van der Waals surface area contributed by atoms with Crippen LogP contribution in [0.25, 0.3) is 0 Å². The summed E-state index contributed by atoms with van der Waals surface area (Å²) in [6, 6.07) is 13.8. The fraction of sp³-hybridized carbons (Fsp3) is 0.318. The number of likely N-dealkylation sites (tertiary alicyclic amines) is 1. The summed E-state index contributed by atoms with van der Waals surface area (Å²) >= 11 is 6.00. The number of ether oxygens (including phenoxy) is 1. The van der Waals surface area contributed by atoms with Crippen LogP contribution in [0.1, 0.15) is 33.6 Å². The number of ketones is 1. The Morgan fingerprint density at radius 3 is 2.34 bits per heavy atom. The van der Waals surface area contributed by atoms with E-state index in [4.69, 9.17) is 16.3 Å². The van der Waals surface area contributed by atoms with Gasteiger partial charge in [0.2, 0.25) is 5.91 Å². The van der Waals surface area contributed by atoms with E-state index in [1.54, 1.807) is 60.5 Å². The first-order valence-electron chi connectivity index (χ1n) is 9.48. The number of rotatable bonds is 6. The minimum absolute atomic E-state index is 0.0896. The standard InChI is InChI=1S/C22H23ClN2O4/c1-29-17-8-6-15(7-9-17)21(27)16-10-12-25(13-11-16)20(26)14-24-22(28)18-4-2-3-5-19(18)23/h2-9,16H,10-14H2,1H3,(H,24,28). The maximum absolute atomic E-state index is 12.7. The molecular weight excluding hydrogens is 392 g/mol. The number of piperidine rings is 1. The fourth-order valence-corrected chi connectivity index (χ4v) is 3.61. The highest BCUT2D eigenvalue weighted by Crippen LogP contribution is 2.23. The van der Waals surface area contributed by atoms with Crippen molar-refractivity contribution in [1.29, 1.82) is 0 Å². The molecule has 0 aromatic heterocycles. The molecule has 1 saturated heterocycles. The quantitative estimate of drug-likeness (QED) is 0.736. The van der Waals surface area contributed by atoms with E-state index in [0.717, 1.165) is 0 Å². The van der Waals surface area contributed by atoms with Crippen molar-refractivity contribution in [1.82, 2.24) is 10.2 Å². The minimum Gasteiger partial charge on any atom is -0.497 e. The van der Waals surface area contributed by atoms with Gasteiger partial charge in [0.25, 0.3) is 5.91 Å². The molecule has 7 heteroatoms. The maximum atomic E-state index is 12.7. The molecule has 2 aromatic rings. The van der Waals surface area contributed by atoms with Gasteiger partial charge in [-0.3, -0.25) is 14.4 Å². The van der Waals surface area contributed by atoms with E-state index in [9.17, 15) is 14.4 Å². The van der Waals surface area contributed by atoms with Crippen LogP contribution in [0.5, 0.6) is 5.75 Å². The van der Waals surface area contributed by atoms with E-state index in [1.807, 2.05) is 0 Å².